The van der Waals surface area contributed by atoms with Crippen LogP contribution in [-0.2, 0) is 16.0 Å². The Kier molecular flexibility index (Phi) is 9.56. The van der Waals surface area contributed by atoms with Crippen molar-refractivity contribution in [2.45, 2.75) is 57.3 Å². The molecule has 3 fully saturated rings. The molecule has 7 rings (SSSR count). The number of tetrazole rings is 1. The van der Waals surface area contributed by atoms with Gasteiger partial charge in [-0.25, -0.2) is 14.6 Å². The molecule has 0 bridgehead atoms. The van der Waals surface area contributed by atoms with Crippen LogP contribution in [0.4, 0.5) is 11.6 Å². The number of rotatable bonds is 12. The molecule has 2 saturated heterocycles. The summed E-state index contributed by atoms with van der Waals surface area (Å²) in [6.07, 6.45) is 11.4. The van der Waals surface area contributed by atoms with Crippen LogP contribution in [0.2, 0.25) is 5.02 Å². The molecule has 3 aliphatic rings. The van der Waals surface area contributed by atoms with Gasteiger partial charge >= 0.3 is 0 Å². The van der Waals surface area contributed by atoms with Crippen molar-refractivity contribution < 1.29 is 18.9 Å². The summed E-state index contributed by atoms with van der Waals surface area (Å²) in [7, 11) is 0. The van der Waals surface area contributed by atoms with Crippen LogP contribution in [-0.4, -0.2) is 103 Å². The number of morpholine rings is 1. The molecule has 2 aliphatic heterocycles. The fourth-order valence-electron chi connectivity index (χ4n) is 6.18. The maximum atomic E-state index is 6.45. The lowest BCUT2D eigenvalue weighted by Gasteiger charge is -2.38. The minimum absolute atomic E-state index is 0.201. The molecule has 1 unspecified atom stereocenters. The second-order valence-electron chi connectivity index (χ2n) is 12.2. The molecular formula is C31H39ClN10O4. The molecule has 4 aromatic rings. The van der Waals surface area contributed by atoms with E-state index in [4.69, 9.17) is 35.6 Å². The van der Waals surface area contributed by atoms with Crippen molar-refractivity contribution in [1.29, 1.82) is 0 Å². The van der Waals surface area contributed by atoms with Crippen LogP contribution in [0.1, 0.15) is 38.6 Å². The smallest absolute Gasteiger partial charge is 0.256 e. The maximum absolute atomic E-state index is 6.45. The number of hydrogen-bond donors (Lipinski definition) is 1. The number of halogens is 1. The monoisotopic (exact) mass is 650 g/mol. The third-order valence-electron chi connectivity index (χ3n) is 8.79. The number of anilines is 2. The first-order valence-electron chi connectivity index (χ1n) is 16.0. The first-order chi connectivity index (χ1) is 22.6. The predicted octanol–water partition coefficient (Wildman–Crippen LogP) is 4.03. The van der Waals surface area contributed by atoms with Crippen molar-refractivity contribution in [2.24, 2.45) is 5.92 Å². The van der Waals surface area contributed by atoms with E-state index < -0.39 is 0 Å². The Hall–Kier alpha value is -3.85. The number of aromatic nitrogens is 8. The van der Waals surface area contributed by atoms with Crippen LogP contribution < -0.4 is 14.8 Å². The number of hydrogen-bond acceptors (Lipinski definition) is 12. The van der Waals surface area contributed by atoms with Crippen molar-refractivity contribution in [1.82, 2.24) is 44.9 Å². The van der Waals surface area contributed by atoms with Crippen LogP contribution in [0.15, 0.2) is 43.1 Å². The minimum atomic E-state index is -0.201. The summed E-state index contributed by atoms with van der Waals surface area (Å²) in [5.74, 6) is 1.96. The molecule has 0 amide bonds. The fraction of sp³-hybridized carbons (Fsp3) is 0.548. The Balaban J connectivity index is 1.02. The second kappa shape index (κ2) is 14.3. The van der Waals surface area contributed by atoms with Gasteiger partial charge in [0.15, 0.2) is 0 Å². The zero-order chi connectivity index (χ0) is 31.3. The summed E-state index contributed by atoms with van der Waals surface area (Å²) in [6, 6.07) is 6.56. The molecule has 5 heterocycles. The molecule has 15 heteroatoms. The van der Waals surface area contributed by atoms with Gasteiger partial charge < -0.3 is 24.3 Å². The molecule has 244 valence electrons. The van der Waals surface area contributed by atoms with E-state index >= 15 is 0 Å². The quantitative estimate of drug-likeness (QED) is 0.237. The summed E-state index contributed by atoms with van der Waals surface area (Å²) >= 11 is 6.45. The maximum Gasteiger partial charge on any atom is 0.256 e. The summed E-state index contributed by atoms with van der Waals surface area (Å²) in [6.45, 7) is 8.15. The van der Waals surface area contributed by atoms with Crippen molar-refractivity contribution in [3.05, 3.63) is 48.1 Å². The van der Waals surface area contributed by atoms with Crippen LogP contribution in [0, 0.1) is 5.92 Å². The molecule has 1 saturated carbocycles. The van der Waals surface area contributed by atoms with Gasteiger partial charge in [-0.05, 0) is 60.7 Å². The summed E-state index contributed by atoms with van der Waals surface area (Å²) in [5, 5.41) is 20.0. The molecule has 1 N–H and O–H groups in total. The van der Waals surface area contributed by atoms with Crippen LogP contribution >= 0.6 is 11.6 Å². The first kappa shape index (κ1) is 30.8. The summed E-state index contributed by atoms with van der Waals surface area (Å²) in [5.41, 5.74) is 2.46. The molecule has 1 aromatic carbocycles. The van der Waals surface area contributed by atoms with Gasteiger partial charge in [0.25, 0.3) is 5.88 Å². The highest BCUT2D eigenvalue weighted by molar-refractivity contribution is 6.32. The Morgan fingerprint density at radius 2 is 1.80 bits per heavy atom. The van der Waals surface area contributed by atoms with Crippen LogP contribution in [0.25, 0.3) is 11.1 Å². The Morgan fingerprint density at radius 3 is 2.52 bits per heavy atom. The van der Waals surface area contributed by atoms with Gasteiger partial charge in [0.05, 0.1) is 56.8 Å². The van der Waals surface area contributed by atoms with E-state index in [0.717, 1.165) is 82.0 Å². The van der Waals surface area contributed by atoms with Gasteiger partial charge in [0.2, 0.25) is 5.95 Å². The lowest BCUT2D eigenvalue weighted by atomic mass is 9.90. The Bertz CT molecular complexity index is 1550. The minimum Gasteiger partial charge on any atom is -0.487 e. The molecule has 14 nitrogen and oxygen atoms in total. The third-order valence-corrected chi connectivity index (χ3v) is 9.10. The topological polar surface area (TPSA) is 139 Å². The van der Waals surface area contributed by atoms with E-state index in [9.17, 15) is 0 Å². The van der Waals surface area contributed by atoms with Gasteiger partial charge in [-0.3, -0.25) is 9.58 Å². The largest absolute Gasteiger partial charge is 0.487 e. The Morgan fingerprint density at radius 1 is 1.02 bits per heavy atom. The molecule has 0 spiro atoms. The third kappa shape index (κ3) is 7.41. The van der Waals surface area contributed by atoms with E-state index in [1.54, 1.807) is 23.4 Å². The van der Waals surface area contributed by atoms with Crippen molar-refractivity contribution >= 4 is 23.2 Å². The molecule has 46 heavy (non-hydrogen) atoms. The Labute approximate surface area is 272 Å². The standard InChI is InChI=1S/C31H39ClN10O4/c1-21(15-41-20-35-38-39-41)46-29-12-23(2-7-27(29)32)24-13-33-31(34-14-24)36-28-16-42(37-30(28)45-19-22-17-44-18-22)26-5-3-25(4-6-26)40-8-10-43-11-9-40/h2,7,12-14,16,20-22,25-26H,3-6,8-11,15,17-19H2,1H3,(H,33,34,36). The predicted molar refractivity (Wildman–Crippen MR) is 169 cm³/mol. The van der Waals surface area contributed by atoms with E-state index in [0.29, 0.717) is 53.8 Å². The molecule has 1 aliphatic carbocycles. The lowest BCUT2D eigenvalue weighted by molar-refractivity contribution is -0.0514. The average molecular weight is 651 g/mol. The first-order valence-corrected chi connectivity index (χ1v) is 16.3. The van der Waals surface area contributed by atoms with Crippen LogP contribution in [0.5, 0.6) is 11.6 Å². The number of ether oxygens (including phenoxy) is 4. The zero-order valence-corrected chi connectivity index (χ0v) is 26.6. The molecule has 1 atom stereocenters. The van der Waals surface area contributed by atoms with E-state index in [-0.39, 0.29) is 6.10 Å². The highest BCUT2D eigenvalue weighted by Crippen LogP contribution is 2.35. The lowest BCUT2D eigenvalue weighted by Crippen LogP contribution is -2.45. The van der Waals surface area contributed by atoms with Gasteiger partial charge in [-0.2, -0.15) is 0 Å². The van der Waals surface area contributed by atoms with E-state index in [2.05, 4.69) is 40.4 Å². The van der Waals surface area contributed by atoms with Crippen molar-refractivity contribution in [2.75, 3.05) is 51.4 Å². The normalized spacial score (nSPS) is 21.4. The average Bonchev–Trinajstić information content (AvgIpc) is 3.72. The van der Waals surface area contributed by atoms with Crippen molar-refractivity contribution in [3.8, 4) is 22.8 Å². The molecule has 0 radical (unpaired) electrons. The van der Waals surface area contributed by atoms with E-state index in [1.807, 2.05) is 31.3 Å². The van der Waals surface area contributed by atoms with Gasteiger partial charge in [-0.1, -0.05) is 17.7 Å². The molecule has 3 aromatic heterocycles. The van der Waals surface area contributed by atoms with Crippen molar-refractivity contribution in [3.63, 3.8) is 0 Å². The van der Waals surface area contributed by atoms with Crippen LogP contribution in [0.3, 0.4) is 0 Å². The van der Waals surface area contributed by atoms with Gasteiger partial charge in [-0.15, -0.1) is 10.2 Å². The SMILES string of the molecule is CC(Cn1cnnn1)Oc1cc(-c2cnc(Nc3cn(C4CCC(N5CCOCC5)CC4)nc3OCC3COC3)nc2)ccc1Cl. The van der Waals surface area contributed by atoms with E-state index in [1.165, 1.54) is 0 Å². The highest BCUT2D eigenvalue weighted by atomic mass is 35.5. The number of benzene rings is 1. The number of nitrogens with zero attached hydrogens (tertiary/aromatic N) is 9. The second-order valence-corrected chi connectivity index (χ2v) is 12.6. The van der Waals surface area contributed by atoms with Gasteiger partial charge in [0, 0.05) is 43.0 Å². The van der Waals surface area contributed by atoms with Gasteiger partial charge in [0.1, 0.15) is 23.9 Å². The summed E-state index contributed by atoms with van der Waals surface area (Å²) < 4.78 is 26.9. The fourth-order valence-corrected chi connectivity index (χ4v) is 6.34. The zero-order valence-electron chi connectivity index (χ0n) is 25.9. The molecular weight excluding hydrogens is 612 g/mol. The highest BCUT2D eigenvalue weighted by Gasteiger charge is 2.29. The number of nitrogens with one attached hydrogen (secondary N) is 1. The summed E-state index contributed by atoms with van der Waals surface area (Å²) in [4.78, 5) is 11.8.